The molecular formula is C17H22N4O. The lowest BCUT2D eigenvalue weighted by molar-refractivity contribution is 0.0743. The van der Waals surface area contributed by atoms with Crippen molar-refractivity contribution in [2.75, 3.05) is 26.2 Å². The number of hydrogen-bond acceptors (Lipinski definition) is 3. The van der Waals surface area contributed by atoms with Crippen LogP contribution in [0.4, 0.5) is 0 Å². The molecule has 116 valence electrons. The van der Waals surface area contributed by atoms with E-state index in [0.29, 0.717) is 11.6 Å². The van der Waals surface area contributed by atoms with Gasteiger partial charge in [0, 0.05) is 38.9 Å². The summed E-state index contributed by atoms with van der Waals surface area (Å²) in [4.78, 5) is 16.8. The number of amides is 1. The fourth-order valence-corrected chi connectivity index (χ4v) is 3.03. The Morgan fingerprint density at radius 2 is 2.05 bits per heavy atom. The standard InChI is InChI=1S/C17H22N4O/c1-14-11-20(13-15-5-3-2-4-6-15)9-10-21(12-14)17(22)16-7-8-18-19-16/h2-8,14H,9-13H2,1H3,(H,18,19). The Morgan fingerprint density at radius 3 is 2.77 bits per heavy atom. The van der Waals surface area contributed by atoms with Gasteiger partial charge in [0.2, 0.25) is 0 Å². The van der Waals surface area contributed by atoms with Gasteiger partial charge in [0.25, 0.3) is 5.91 Å². The number of carbonyl (C=O) groups is 1. The quantitative estimate of drug-likeness (QED) is 0.943. The first-order chi connectivity index (χ1) is 10.7. The van der Waals surface area contributed by atoms with Crippen LogP contribution in [0, 0.1) is 5.92 Å². The number of nitrogens with one attached hydrogen (secondary N) is 1. The maximum atomic E-state index is 12.5. The Hall–Kier alpha value is -2.14. The minimum atomic E-state index is 0.0471. The second-order valence-corrected chi connectivity index (χ2v) is 6.05. The van der Waals surface area contributed by atoms with E-state index in [-0.39, 0.29) is 5.91 Å². The van der Waals surface area contributed by atoms with Crippen LogP contribution in [0.15, 0.2) is 42.6 Å². The van der Waals surface area contributed by atoms with E-state index >= 15 is 0 Å². The number of nitrogens with zero attached hydrogens (tertiary/aromatic N) is 3. The van der Waals surface area contributed by atoms with Crippen molar-refractivity contribution in [3.63, 3.8) is 0 Å². The van der Waals surface area contributed by atoms with Crippen LogP contribution in [-0.2, 0) is 6.54 Å². The van der Waals surface area contributed by atoms with E-state index in [0.717, 1.165) is 32.7 Å². The van der Waals surface area contributed by atoms with Crippen LogP contribution in [0.5, 0.6) is 0 Å². The fraction of sp³-hybridized carbons (Fsp3) is 0.412. The fourth-order valence-electron chi connectivity index (χ4n) is 3.03. The zero-order valence-corrected chi connectivity index (χ0v) is 12.9. The van der Waals surface area contributed by atoms with E-state index < -0.39 is 0 Å². The van der Waals surface area contributed by atoms with Crippen molar-refractivity contribution in [3.8, 4) is 0 Å². The third-order valence-corrected chi connectivity index (χ3v) is 4.06. The first-order valence-electron chi connectivity index (χ1n) is 7.77. The molecule has 0 bridgehead atoms. The molecule has 0 aliphatic carbocycles. The maximum absolute atomic E-state index is 12.5. The van der Waals surface area contributed by atoms with Gasteiger partial charge < -0.3 is 4.90 Å². The first kappa shape index (κ1) is 14.8. The second kappa shape index (κ2) is 6.75. The van der Waals surface area contributed by atoms with Crippen molar-refractivity contribution < 1.29 is 4.79 Å². The summed E-state index contributed by atoms with van der Waals surface area (Å²) in [5.41, 5.74) is 1.90. The molecule has 1 aromatic heterocycles. The summed E-state index contributed by atoms with van der Waals surface area (Å²) in [5.74, 6) is 0.504. The molecule has 2 heterocycles. The Labute approximate surface area is 130 Å². The summed E-state index contributed by atoms with van der Waals surface area (Å²) in [6, 6.07) is 12.2. The van der Waals surface area contributed by atoms with Crippen LogP contribution in [0.25, 0.3) is 0 Å². The first-order valence-corrected chi connectivity index (χ1v) is 7.77. The van der Waals surface area contributed by atoms with Crippen molar-refractivity contribution in [2.45, 2.75) is 13.5 Å². The van der Waals surface area contributed by atoms with Gasteiger partial charge in [-0.15, -0.1) is 0 Å². The molecule has 2 aromatic rings. The van der Waals surface area contributed by atoms with Gasteiger partial charge >= 0.3 is 0 Å². The minimum Gasteiger partial charge on any atom is -0.336 e. The Kier molecular flexibility index (Phi) is 4.53. The highest BCUT2D eigenvalue weighted by Gasteiger charge is 2.24. The number of rotatable bonds is 3. The summed E-state index contributed by atoms with van der Waals surface area (Å²) < 4.78 is 0. The smallest absolute Gasteiger partial charge is 0.271 e. The summed E-state index contributed by atoms with van der Waals surface area (Å²) in [6.07, 6.45) is 1.62. The van der Waals surface area contributed by atoms with Crippen molar-refractivity contribution in [1.82, 2.24) is 20.0 Å². The van der Waals surface area contributed by atoms with Crippen LogP contribution in [-0.4, -0.2) is 52.1 Å². The van der Waals surface area contributed by atoms with E-state index in [1.54, 1.807) is 12.3 Å². The van der Waals surface area contributed by atoms with Gasteiger partial charge in [-0.05, 0) is 17.5 Å². The molecule has 1 aliphatic rings. The molecule has 3 rings (SSSR count). The lowest BCUT2D eigenvalue weighted by Crippen LogP contribution is -2.36. The lowest BCUT2D eigenvalue weighted by atomic mass is 10.1. The third-order valence-electron chi connectivity index (χ3n) is 4.06. The molecule has 22 heavy (non-hydrogen) atoms. The average Bonchev–Trinajstić information content (AvgIpc) is 2.99. The topological polar surface area (TPSA) is 52.2 Å². The number of hydrogen-bond donors (Lipinski definition) is 1. The van der Waals surface area contributed by atoms with Gasteiger partial charge in [-0.25, -0.2) is 0 Å². The summed E-state index contributed by atoms with van der Waals surface area (Å²) >= 11 is 0. The van der Waals surface area contributed by atoms with E-state index in [2.05, 4.69) is 46.3 Å². The highest BCUT2D eigenvalue weighted by Crippen LogP contribution is 2.14. The van der Waals surface area contributed by atoms with Crippen LogP contribution < -0.4 is 0 Å². The highest BCUT2D eigenvalue weighted by molar-refractivity contribution is 5.92. The van der Waals surface area contributed by atoms with Crippen LogP contribution >= 0.6 is 0 Å². The monoisotopic (exact) mass is 298 g/mol. The zero-order chi connectivity index (χ0) is 15.4. The molecule has 0 saturated carbocycles. The second-order valence-electron chi connectivity index (χ2n) is 6.05. The van der Waals surface area contributed by atoms with Gasteiger partial charge in [0.05, 0.1) is 0 Å². The van der Waals surface area contributed by atoms with Crippen LogP contribution in [0.2, 0.25) is 0 Å². The highest BCUT2D eigenvalue weighted by atomic mass is 16.2. The van der Waals surface area contributed by atoms with Gasteiger partial charge in [0.15, 0.2) is 0 Å². The number of carbonyl (C=O) groups excluding carboxylic acids is 1. The Balaban J connectivity index is 1.64. The van der Waals surface area contributed by atoms with Crippen molar-refractivity contribution in [3.05, 3.63) is 53.9 Å². The normalized spacial score (nSPS) is 19.9. The van der Waals surface area contributed by atoms with Crippen molar-refractivity contribution >= 4 is 5.91 Å². The number of H-pyrrole nitrogens is 1. The lowest BCUT2D eigenvalue weighted by Gasteiger charge is -2.21. The van der Waals surface area contributed by atoms with Gasteiger partial charge in [-0.2, -0.15) is 5.10 Å². The van der Waals surface area contributed by atoms with E-state index in [9.17, 15) is 4.79 Å². The Morgan fingerprint density at radius 1 is 1.23 bits per heavy atom. The van der Waals surface area contributed by atoms with E-state index in [1.807, 2.05) is 11.0 Å². The molecule has 1 unspecified atom stereocenters. The summed E-state index contributed by atoms with van der Waals surface area (Å²) in [7, 11) is 0. The van der Waals surface area contributed by atoms with Gasteiger partial charge in [-0.1, -0.05) is 37.3 Å². The third kappa shape index (κ3) is 3.54. The zero-order valence-electron chi connectivity index (χ0n) is 12.9. The molecule has 1 aromatic carbocycles. The largest absolute Gasteiger partial charge is 0.336 e. The van der Waals surface area contributed by atoms with Crippen LogP contribution in [0.3, 0.4) is 0 Å². The molecule has 1 fully saturated rings. The predicted octanol–water partition coefficient (Wildman–Crippen LogP) is 2.00. The molecule has 1 amide bonds. The van der Waals surface area contributed by atoms with Gasteiger partial charge in [-0.3, -0.25) is 14.8 Å². The molecule has 1 aliphatic heterocycles. The molecule has 5 heteroatoms. The molecule has 5 nitrogen and oxygen atoms in total. The van der Waals surface area contributed by atoms with E-state index in [4.69, 9.17) is 0 Å². The number of benzene rings is 1. The summed E-state index contributed by atoms with van der Waals surface area (Å²) in [5, 5.41) is 6.63. The summed E-state index contributed by atoms with van der Waals surface area (Å²) in [6.45, 7) is 6.62. The minimum absolute atomic E-state index is 0.0471. The predicted molar refractivity (Wildman–Crippen MR) is 85.4 cm³/mol. The maximum Gasteiger partial charge on any atom is 0.271 e. The molecule has 1 atom stereocenters. The molecule has 1 saturated heterocycles. The molecular weight excluding hydrogens is 276 g/mol. The Bertz CT molecular complexity index is 596. The molecule has 0 radical (unpaired) electrons. The van der Waals surface area contributed by atoms with Crippen molar-refractivity contribution in [2.24, 2.45) is 5.92 Å². The van der Waals surface area contributed by atoms with Crippen molar-refractivity contribution in [1.29, 1.82) is 0 Å². The average molecular weight is 298 g/mol. The molecule has 1 N–H and O–H groups in total. The molecule has 0 spiro atoms. The van der Waals surface area contributed by atoms with Gasteiger partial charge in [0.1, 0.15) is 5.69 Å². The van der Waals surface area contributed by atoms with Crippen LogP contribution in [0.1, 0.15) is 23.0 Å². The number of aromatic amines is 1. The SMILES string of the molecule is CC1CN(Cc2ccccc2)CCN(C(=O)c2ccn[nH]2)C1. The van der Waals surface area contributed by atoms with E-state index in [1.165, 1.54) is 5.56 Å². The number of aromatic nitrogens is 2.